The van der Waals surface area contributed by atoms with E-state index in [-0.39, 0.29) is 0 Å². The molecule has 2 aromatic heterocycles. The Morgan fingerprint density at radius 3 is 2.95 bits per heavy atom. The van der Waals surface area contributed by atoms with Gasteiger partial charge in [0.05, 0.1) is 0 Å². The van der Waals surface area contributed by atoms with Gasteiger partial charge in [0.25, 0.3) is 0 Å². The van der Waals surface area contributed by atoms with E-state index in [0.717, 1.165) is 41.1 Å². The molecule has 0 saturated carbocycles. The molecule has 0 unspecified atom stereocenters. The maximum atomic E-state index is 5.99. The minimum absolute atomic E-state index is 0.705. The molecule has 0 spiro atoms. The van der Waals surface area contributed by atoms with Crippen LogP contribution in [-0.2, 0) is 0 Å². The average molecular weight is 287 g/mol. The number of nitrogens with zero attached hydrogens (tertiary/aromatic N) is 1. The summed E-state index contributed by atoms with van der Waals surface area (Å²) < 4.78 is 5.82. The van der Waals surface area contributed by atoms with Gasteiger partial charge in [-0.3, -0.25) is 4.98 Å². The minimum Gasteiger partial charge on any atom is -0.454 e. The highest BCUT2D eigenvalue weighted by Gasteiger charge is 2.08. The van der Waals surface area contributed by atoms with Crippen LogP contribution in [0.3, 0.4) is 0 Å². The summed E-state index contributed by atoms with van der Waals surface area (Å²) in [6, 6.07) is 11.5. The number of pyridine rings is 1. The highest BCUT2D eigenvalue weighted by atomic mass is 35.5. The van der Waals surface area contributed by atoms with Crippen LogP contribution in [0.25, 0.3) is 22.4 Å². The van der Waals surface area contributed by atoms with Gasteiger partial charge in [0, 0.05) is 28.8 Å². The van der Waals surface area contributed by atoms with E-state index in [2.05, 4.69) is 17.2 Å². The lowest BCUT2D eigenvalue weighted by molar-refractivity contribution is 0.629. The lowest BCUT2D eigenvalue weighted by atomic mass is 10.2. The molecule has 1 N–H and O–H groups in total. The molecule has 0 aliphatic carbocycles. The zero-order chi connectivity index (χ0) is 13.9. The fourth-order valence-corrected chi connectivity index (χ4v) is 2.27. The molecular weight excluding hydrogens is 272 g/mol. The van der Waals surface area contributed by atoms with Gasteiger partial charge >= 0.3 is 0 Å². The molecular formula is C16H15ClN2O. The van der Waals surface area contributed by atoms with Gasteiger partial charge in [-0.05, 0) is 42.8 Å². The Hall–Kier alpha value is -2.00. The molecule has 0 saturated heterocycles. The van der Waals surface area contributed by atoms with Crippen LogP contribution >= 0.6 is 11.6 Å². The molecule has 0 amide bonds. The predicted molar refractivity (Wildman–Crippen MR) is 83.2 cm³/mol. The van der Waals surface area contributed by atoms with E-state index in [1.807, 2.05) is 36.4 Å². The Labute approximate surface area is 122 Å². The number of fused-ring (bicyclic) bond motifs is 1. The Bertz CT molecular complexity index is 736. The summed E-state index contributed by atoms with van der Waals surface area (Å²) in [7, 11) is 0. The molecule has 102 valence electrons. The summed E-state index contributed by atoms with van der Waals surface area (Å²) in [6.07, 6.45) is 2.87. The Morgan fingerprint density at radius 2 is 2.10 bits per heavy atom. The quantitative estimate of drug-likeness (QED) is 0.736. The molecule has 0 bridgehead atoms. The van der Waals surface area contributed by atoms with Gasteiger partial charge in [0.1, 0.15) is 11.3 Å². The number of hydrogen-bond donors (Lipinski definition) is 1. The van der Waals surface area contributed by atoms with Gasteiger partial charge in [0.15, 0.2) is 5.76 Å². The Balaban J connectivity index is 1.97. The second-order valence-electron chi connectivity index (χ2n) is 4.65. The average Bonchev–Trinajstić information content (AvgIpc) is 2.88. The van der Waals surface area contributed by atoms with Crippen molar-refractivity contribution in [3.05, 3.63) is 47.6 Å². The molecule has 3 nitrogen and oxygen atoms in total. The van der Waals surface area contributed by atoms with E-state index in [9.17, 15) is 0 Å². The number of hydrogen-bond acceptors (Lipinski definition) is 3. The molecule has 0 radical (unpaired) electrons. The van der Waals surface area contributed by atoms with Crippen LogP contribution in [-0.4, -0.2) is 11.5 Å². The third-order valence-electron chi connectivity index (χ3n) is 3.07. The maximum absolute atomic E-state index is 5.99. The molecule has 3 rings (SSSR count). The molecule has 2 heterocycles. The molecule has 0 aliphatic rings. The summed E-state index contributed by atoms with van der Waals surface area (Å²) >= 11 is 5.99. The van der Waals surface area contributed by atoms with Gasteiger partial charge in [-0.1, -0.05) is 18.5 Å². The van der Waals surface area contributed by atoms with Crippen molar-refractivity contribution in [1.29, 1.82) is 0 Å². The number of rotatable bonds is 4. The topological polar surface area (TPSA) is 38.1 Å². The van der Waals surface area contributed by atoms with Gasteiger partial charge in [-0.15, -0.1) is 0 Å². The number of anilines is 1. The van der Waals surface area contributed by atoms with Crippen LogP contribution in [0, 0.1) is 0 Å². The monoisotopic (exact) mass is 286 g/mol. The van der Waals surface area contributed by atoms with Crippen molar-refractivity contribution in [2.75, 3.05) is 11.9 Å². The number of furan rings is 1. The fraction of sp³-hybridized carbons (Fsp3) is 0.188. The van der Waals surface area contributed by atoms with Crippen LogP contribution in [0.15, 0.2) is 47.0 Å². The van der Waals surface area contributed by atoms with Crippen LogP contribution in [0.1, 0.15) is 13.3 Å². The second kappa shape index (κ2) is 5.55. The summed E-state index contributed by atoms with van der Waals surface area (Å²) in [5.74, 6) is 0.752. The van der Waals surface area contributed by atoms with E-state index < -0.39 is 0 Å². The highest BCUT2D eigenvalue weighted by molar-refractivity contribution is 6.31. The third-order valence-corrected chi connectivity index (χ3v) is 3.30. The number of aromatic nitrogens is 1. The number of halogens is 1. The van der Waals surface area contributed by atoms with E-state index in [1.165, 1.54) is 0 Å². The summed E-state index contributed by atoms with van der Waals surface area (Å²) in [4.78, 5) is 4.37. The van der Waals surface area contributed by atoms with Gasteiger partial charge in [-0.2, -0.15) is 0 Å². The van der Waals surface area contributed by atoms with Crippen molar-refractivity contribution in [1.82, 2.24) is 4.98 Å². The number of nitrogens with one attached hydrogen (secondary N) is 1. The lowest BCUT2D eigenvalue weighted by Gasteiger charge is -2.05. The van der Waals surface area contributed by atoms with Crippen molar-refractivity contribution in [2.45, 2.75) is 13.3 Å². The fourth-order valence-electron chi connectivity index (χ4n) is 2.09. The first-order chi connectivity index (χ1) is 9.76. The van der Waals surface area contributed by atoms with Crippen molar-refractivity contribution >= 4 is 28.3 Å². The smallest absolute Gasteiger partial charge is 0.153 e. The summed E-state index contributed by atoms with van der Waals surface area (Å²) in [6.45, 7) is 3.08. The van der Waals surface area contributed by atoms with E-state index >= 15 is 0 Å². The first-order valence-electron chi connectivity index (χ1n) is 6.65. The van der Waals surface area contributed by atoms with Crippen LogP contribution in [0.4, 0.5) is 5.69 Å². The Kier molecular flexibility index (Phi) is 3.61. The predicted octanol–water partition coefficient (Wildman–Crippen LogP) is 4.97. The molecule has 20 heavy (non-hydrogen) atoms. The van der Waals surface area contributed by atoms with Crippen molar-refractivity contribution in [2.24, 2.45) is 0 Å². The molecule has 0 aliphatic heterocycles. The van der Waals surface area contributed by atoms with Gasteiger partial charge in [0.2, 0.25) is 0 Å². The summed E-state index contributed by atoms with van der Waals surface area (Å²) in [5, 5.41) is 5.04. The molecule has 0 atom stereocenters. The largest absolute Gasteiger partial charge is 0.454 e. The maximum Gasteiger partial charge on any atom is 0.153 e. The van der Waals surface area contributed by atoms with Crippen molar-refractivity contribution < 1.29 is 4.42 Å². The second-order valence-corrected chi connectivity index (χ2v) is 5.09. The molecule has 1 aromatic carbocycles. The molecule has 4 heteroatoms. The molecule has 3 aromatic rings. The highest BCUT2D eigenvalue weighted by Crippen LogP contribution is 2.29. The van der Waals surface area contributed by atoms with Gasteiger partial charge < -0.3 is 9.73 Å². The van der Waals surface area contributed by atoms with E-state index in [0.29, 0.717) is 5.02 Å². The van der Waals surface area contributed by atoms with E-state index in [1.54, 1.807) is 6.20 Å². The van der Waals surface area contributed by atoms with Gasteiger partial charge in [-0.25, -0.2) is 0 Å². The van der Waals surface area contributed by atoms with Crippen molar-refractivity contribution in [3.63, 3.8) is 0 Å². The van der Waals surface area contributed by atoms with E-state index in [4.69, 9.17) is 16.0 Å². The van der Waals surface area contributed by atoms with Crippen LogP contribution in [0.2, 0.25) is 5.02 Å². The zero-order valence-electron chi connectivity index (χ0n) is 11.2. The van der Waals surface area contributed by atoms with Crippen LogP contribution < -0.4 is 5.32 Å². The lowest BCUT2D eigenvalue weighted by Crippen LogP contribution is -1.99. The van der Waals surface area contributed by atoms with Crippen molar-refractivity contribution in [3.8, 4) is 11.5 Å². The third kappa shape index (κ3) is 2.63. The molecule has 0 fully saturated rings. The SMILES string of the molecule is CCCNc1ccnc(-c2cc3cc(Cl)ccc3o2)c1. The normalized spacial score (nSPS) is 10.9. The minimum atomic E-state index is 0.705. The Morgan fingerprint density at radius 1 is 1.20 bits per heavy atom. The zero-order valence-corrected chi connectivity index (χ0v) is 11.9. The standard InChI is InChI=1S/C16H15ClN2O/c1-2-6-18-13-5-7-19-14(10-13)16-9-11-8-12(17)3-4-15(11)20-16/h3-5,7-10H,2,6H2,1H3,(H,18,19). The summed E-state index contributed by atoms with van der Waals surface area (Å²) in [5.41, 5.74) is 2.69. The number of benzene rings is 1. The first kappa shape index (κ1) is 13.0. The first-order valence-corrected chi connectivity index (χ1v) is 7.03. The van der Waals surface area contributed by atoms with Crippen LogP contribution in [0.5, 0.6) is 0 Å².